The van der Waals surface area contributed by atoms with Crippen LogP contribution in [0.2, 0.25) is 0 Å². The van der Waals surface area contributed by atoms with Crippen LogP contribution in [0.1, 0.15) is 139 Å². The minimum atomic E-state index is 0.365. The van der Waals surface area contributed by atoms with E-state index in [0.717, 1.165) is 67.9 Å². The summed E-state index contributed by atoms with van der Waals surface area (Å²) in [5.41, 5.74) is 5.00. The van der Waals surface area contributed by atoms with E-state index in [1.54, 1.807) is 28.4 Å². The van der Waals surface area contributed by atoms with Crippen LogP contribution in [0.4, 0.5) is 0 Å². The van der Waals surface area contributed by atoms with E-state index in [0.29, 0.717) is 23.7 Å². The molecule has 0 amide bonds. The van der Waals surface area contributed by atoms with Crippen molar-refractivity contribution in [1.82, 2.24) is 0 Å². The maximum atomic E-state index is 6.01. The lowest BCUT2D eigenvalue weighted by Gasteiger charge is -2.24. The predicted molar refractivity (Wildman–Crippen MR) is 197 cm³/mol. The van der Waals surface area contributed by atoms with E-state index < -0.39 is 0 Å². The molecule has 0 saturated carbocycles. The van der Waals surface area contributed by atoms with Gasteiger partial charge in [-0.3, -0.25) is 0 Å². The third-order valence-corrected chi connectivity index (χ3v) is 9.52. The topological polar surface area (TPSA) is 36.9 Å². The van der Waals surface area contributed by atoms with Crippen molar-refractivity contribution in [2.75, 3.05) is 28.4 Å². The van der Waals surface area contributed by atoms with Gasteiger partial charge in [-0.15, -0.1) is 13.2 Å². The van der Waals surface area contributed by atoms with Gasteiger partial charge in [0, 0.05) is 11.1 Å². The summed E-state index contributed by atoms with van der Waals surface area (Å²) in [6, 6.07) is 8.99. The second-order valence-corrected chi connectivity index (χ2v) is 13.5. The van der Waals surface area contributed by atoms with Gasteiger partial charge < -0.3 is 18.9 Å². The highest BCUT2D eigenvalue weighted by atomic mass is 16.5. The van der Waals surface area contributed by atoms with Crippen LogP contribution in [0.5, 0.6) is 23.0 Å². The lowest BCUT2D eigenvalue weighted by Crippen LogP contribution is -2.08. The zero-order valence-electron chi connectivity index (χ0n) is 30.7. The normalized spacial score (nSPS) is 13.8. The van der Waals surface area contributed by atoms with Crippen molar-refractivity contribution >= 4 is 0 Å². The third-order valence-electron chi connectivity index (χ3n) is 9.52. The molecule has 0 unspecified atom stereocenters. The van der Waals surface area contributed by atoms with E-state index in [1.165, 1.54) is 67.2 Å². The van der Waals surface area contributed by atoms with Crippen molar-refractivity contribution in [3.63, 3.8) is 0 Å². The lowest BCUT2D eigenvalue weighted by atomic mass is 9.85. The van der Waals surface area contributed by atoms with Gasteiger partial charge in [-0.05, 0) is 104 Å². The van der Waals surface area contributed by atoms with Crippen molar-refractivity contribution < 1.29 is 18.9 Å². The average molecular weight is 635 g/mol. The molecule has 0 aliphatic carbocycles. The lowest BCUT2D eigenvalue weighted by molar-refractivity contribution is 0.366. The summed E-state index contributed by atoms with van der Waals surface area (Å²) in [4.78, 5) is 0. The molecule has 0 spiro atoms. The molecule has 0 aliphatic rings. The fourth-order valence-electron chi connectivity index (χ4n) is 7.10. The largest absolute Gasteiger partial charge is 0.496 e. The Morgan fingerprint density at radius 1 is 0.543 bits per heavy atom. The highest BCUT2D eigenvalue weighted by molar-refractivity contribution is 5.51. The highest BCUT2D eigenvalue weighted by Crippen LogP contribution is 2.43. The number of hydrogen-bond acceptors (Lipinski definition) is 4. The van der Waals surface area contributed by atoms with Crippen LogP contribution in [0.25, 0.3) is 0 Å². The van der Waals surface area contributed by atoms with Gasteiger partial charge in [-0.2, -0.15) is 0 Å². The first-order chi connectivity index (χ1) is 22.3. The van der Waals surface area contributed by atoms with Crippen LogP contribution in [0.3, 0.4) is 0 Å². The van der Waals surface area contributed by atoms with E-state index in [2.05, 4.69) is 65.1 Å². The first kappa shape index (κ1) is 39.3. The van der Waals surface area contributed by atoms with Crippen molar-refractivity contribution in [2.24, 2.45) is 11.8 Å². The zero-order chi connectivity index (χ0) is 33.9. The van der Waals surface area contributed by atoms with Gasteiger partial charge in [0.1, 0.15) is 23.0 Å². The van der Waals surface area contributed by atoms with Crippen LogP contribution >= 0.6 is 0 Å². The summed E-state index contributed by atoms with van der Waals surface area (Å²) in [5, 5.41) is 0. The molecule has 4 heteroatoms. The Hall–Kier alpha value is -2.88. The number of hydrogen-bond donors (Lipinski definition) is 0. The molecular formula is C42H66O4. The highest BCUT2D eigenvalue weighted by Gasteiger charge is 2.24. The van der Waals surface area contributed by atoms with E-state index >= 15 is 0 Å². The van der Waals surface area contributed by atoms with Crippen LogP contribution in [-0.4, -0.2) is 28.4 Å². The fraction of sp³-hybridized carbons (Fsp3) is 0.619. The Morgan fingerprint density at radius 2 is 0.935 bits per heavy atom. The molecular weight excluding hydrogens is 568 g/mol. The number of methoxy groups -OCH3 is 4. The van der Waals surface area contributed by atoms with Gasteiger partial charge in [0.25, 0.3) is 0 Å². The molecule has 258 valence electrons. The number of allylic oxidation sites excluding steroid dienone is 2. The van der Waals surface area contributed by atoms with Gasteiger partial charge in [0.05, 0.1) is 28.4 Å². The second kappa shape index (κ2) is 21.8. The minimum Gasteiger partial charge on any atom is -0.496 e. The van der Waals surface area contributed by atoms with Crippen LogP contribution in [0.15, 0.2) is 49.6 Å². The maximum absolute atomic E-state index is 6.01. The van der Waals surface area contributed by atoms with Crippen LogP contribution in [-0.2, 0) is 12.8 Å². The summed E-state index contributed by atoms with van der Waals surface area (Å²) in [6.45, 7) is 17.1. The SMILES string of the molecule is C=CC[C@H](C)Cc1cc(OC)c([C@@H](CCCC)CCCC[C@H](C)Cc2cc(OC)c([C@H](CC=C)CCCC)c(OC)c2)c(OC)c1. The van der Waals surface area contributed by atoms with Crippen molar-refractivity contribution in [3.05, 3.63) is 71.8 Å². The first-order valence-corrected chi connectivity index (χ1v) is 18.0. The van der Waals surface area contributed by atoms with Gasteiger partial charge >= 0.3 is 0 Å². The molecule has 0 radical (unpaired) electrons. The molecule has 2 rings (SSSR count). The predicted octanol–water partition coefficient (Wildman–Crippen LogP) is 12.0. The average Bonchev–Trinajstić information content (AvgIpc) is 3.05. The number of rotatable bonds is 25. The van der Waals surface area contributed by atoms with Crippen LogP contribution < -0.4 is 18.9 Å². The summed E-state index contributed by atoms with van der Waals surface area (Å²) in [6.07, 6.45) is 19.7. The van der Waals surface area contributed by atoms with Crippen molar-refractivity contribution in [2.45, 2.75) is 129 Å². The Balaban J connectivity index is 2.14. The molecule has 0 aliphatic heterocycles. The summed E-state index contributed by atoms with van der Waals surface area (Å²) < 4.78 is 23.9. The molecule has 0 aromatic heterocycles. The Bertz CT molecular complexity index is 1120. The minimum absolute atomic E-state index is 0.365. The molecule has 2 aromatic carbocycles. The van der Waals surface area contributed by atoms with Gasteiger partial charge in [-0.1, -0.05) is 84.8 Å². The summed E-state index contributed by atoms with van der Waals surface area (Å²) >= 11 is 0. The maximum Gasteiger partial charge on any atom is 0.126 e. The molecule has 46 heavy (non-hydrogen) atoms. The standard InChI is InChI=1S/C42H66O4/c1-11-15-22-35(20-14-4)41-37(43-7)29-34(30-38(41)44-8)26-32(6)21-17-18-24-36(23-16-12-2)42-39(45-9)27-33(28-40(42)46-10)25-31(5)19-13-3/h13-14,27-32,35-36H,3-4,11-12,15-26H2,1-2,5-10H3/t31-,32-,35+,36-/m0/s1. The van der Waals surface area contributed by atoms with E-state index in [-0.39, 0.29) is 0 Å². The number of unbranched alkanes of at least 4 members (excludes halogenated alkanes) is 3. The second-order valence-electron chi connectivity index (χ2n) is 13.5. The zero-order valence-corrected chi connectivity index (χ0v) is 30.7. The molecule has 0 bridgehead atoms. The summed E-state index contributed by atoms with van der Waals surface area (Å²) in [5.74, 6) is 5.76. The Morgan fingerprint density at radius 3 is 1.37 bits per heavy atom. The molecule has 0 fully saturated rings. The monoisotopic (exact) mass is 634 g/mol. The van der Waals surface area contributed by atoms with Crippen LogP contribution in [0, 0.1) is 11.8 Å². The van der Waals surface area contributed by atoms with Crippen molar-refractivity contribution in [1.29, 1.82) is 0 Å². The molecule has 2 aromatic rings. The van der Waals surface area contributed by atoms with E-state index in [9.17, 15) is 0 Å². The molecule has 4 atom stereocenters. The molecule has 0 N–H and O–H groups in total. The quantitative estimate of drug-likeness (QED) is 0.0804. The third kappa shape index (κ3) is 12.0. The summed E-state index contributed by atoms with van der Waals surface area (Å²) in [7, 11) is 7.17. The molecule has 0 heterocycles. The van der Waals surface area contributed by atoms with Crippen molar-refractivity contribution in [3.8, 4) is 23.0 Å². The Labute approximate surface area is 283 Å². The van der Waals surface area contributed by atoms with Gasteiger partial charge in [-0.25, -0.2) is 0 Å². The smallest absolute Gasteiger partial charge is 0.126 e. The Kier molecular flexibility index (Phi) is 18.6. The fourth-order valence-corrected chi connectivity index (χ4v) is 7.10. The van der Waals surface area contributed by atoms with Gasteiger partial charge in [0.15, 0.2) is 0 Å². The molecule has 4 nitrogen and oxygen atoms in total. The van der Waals surface area contributed by atoms with Gasteiger partial charge in [0.2, 0.25) is 0 Å². The molecule has 0 saturated heterocycles. The first-order valence-electron chi connectivity index (χ1n) is 18.0. The number of benzene rings is 2. The van der Waals surface area contributed by atoms with E-state index in [4.69, 9.17) is 18.9 Å². The van der Waals surface area contributed by atoms with E-state index in [1.807, 2.05) is 12.2 Å². The number of ether oxygens (including phenoxy) is 4.